The molecule has 178 valence electrons. The molecular weight excluding hydrogens is 428 g/mol. The third-order valence-corrected chi connectivity index (χ3v) is 5.94. The Hall–Kier alpha value is -2.82. The largest absolute Gasteiger partial charge is 0.463 e. The fourth-order valence-corrected chi connectivity index (χ4v) is 4.08. The molecule has 10 heteroatoms. The van der Waals surface area contributed by atoms with Crippen molar-refractivity contribution in [1.29, 1.82) is 0 Å². The summed E-state index contributed by atoms with van der Waals surface area (Å²) in [5, 5.41) is 4.11. The highest BCUT2D eigenvalue weighted by Crippen LogP contribution is 2.44. The second-order valence-corrected chi connectivity index (χ2v) is 8.45. The van der Waals surface area contributed by atoms with Gasteiger partial charge in [0.05, 0.1) is 5.92 Å². The van der Waals surface area contributed by atoms with E-state index in [0.29, 0.717) is 0 Å². The Labute approximate surface area is 192 Å². The number of hydrogen-bond donors (Lipinski definition) is 1. The van der Waals surface area contributed by atoms with Gasteiger partial charge in [0, 0.05) is 5.56 Å². The second kappa shape index (κ2) is 10.4. The van der Waals surface area contributed by atoms with Gasteiger partial charge in [-0.1, -0.05) is 63.4 Å². The van der Waals surface area contributed by atoms with E-state index in [1.165, 1.54) is 11.0 Å². The van der Waals surface area contributed by atoms with Crippen LogP contribution in [0.5, 0.6) is 0 Å². The number of rotatable bonds is 10. The molecule has 10 nitrogen and oxygen atoms in total. The highest BCUT2D eigenvalue weighted by molar-refractivity contribution is 5.88. The van der Waals surface area contributed by atoms with Crippen LogP contribution >= 0.6 is 0 Å². The topological polar surface area (TPSA) is 128 Å². The van der Waals surface area contributed by atoms with Crippen molar-refractivity contribution in [3.05, 3.63) is 48.0 Å². The SMILES string of the molecule is CCCCC[C@H](C)C(=O)OCC1O[C@@H](n2cnc(C(N)=O)n2)C2OC(c3ccccc3)OC12. The van der Waals surface area contributed by atoms with E-state index in [1.54, 1.807) is 0 Å². The summed E-state index contributed by atoms with van der Waals surface area (Å²) < 4.78 is 25.4. The van der Waals surface area contributed by atoms with Gasteiger partial charge in [-0.15, -0.1) is 5.10 Å². The zero-order chi connectivity index (χ0) is 23.4. The first-order valence-electron chi connectivity index (χ1n) is 11.4. The maximum absolute atomic E-state index is 12.5. The van der Waals surface area contributed by atoms with Crippen molar-refractivity contribution >= 4 is 11.9 Å². The number of amides is 1. The third-order valence-electron chi connectivity index (χ3n) is 5.94. The number of esters is 1. The maximum atomic E-state index is 12.5. The quantitative estimate of drug-likeness (QED) is 0.425. The molecule has 6 atom stereocenters. The number of carbonyl (C=O) groups excluding carboxylic acids is 2. The van der Waals surface area contributed by atoms with Crippen LogP contribution < -0.4 is 5.73 Å². The van der Waals surface area contributed by atoms with Crippen LogP contribution in [0.2, 0.25) is 0 Å². The summed E-state index contributed by atoms with van der Waals surface area (Å²) in [7, 11) is 0. The predicted molar refractivity (Wildman–Crippen MR) is 116 cm³/mol. The lowest BCUT2D eigenvalue weighted by Crippen LogP contribution is -2.33. The van der Waals surface area contributed by atoms with Crippen molar-refractivity contribution in [2.45, 2.75) is 70.4 Å². The molecule has 33 heavy (non-hydrogen) atoms. The standard InChI is InChI=1S/C23H30N4O6/c1-3-4-6-9-14(2)22(29)30-12-16-17-18(33-23(32-17)15-10-7-5-8-11-15)21(31-16)27-13-25-20(26-27)19(24)28/h5,7-8,10-11,13-14,16-18,21,23H,3-4,6,9,12H2,1-2H3,(H2,24,28)/t14-,16?,17?,18?,21+,23?/m0/s1. The lowest BCUT2D eigenvalue weighted by Gasteiger charge is -2.21. The fraction of sp³-hybridized carbons (Fsp3) is 0.565. The van der Waals surface area contributed by atoms with Crippen molar-refractivity contribution in [3.63, 3.8) is 0 Å². The monoisotopic (exact) mass is 458 g/mol. The summed E-state index contributed by atoms with van der Waals surface area (Å²) in [5.74, 6) is -1.30. The van der Waals surface area contributed by atoms with Gasteiger partial charge in [-0.05, 0) is 6.42 Å². The Morgan fingerprint density at radius 3 is 2.61 bits per heavy atom. The maximum Gasteiger partial charge on any atom is 0.308 e. The molecule has 2 saturated heterocycles. The summed E-state index contributed by atoms with van der Waals surface area (Å²) >= 11 is 0. The minimum absolute atomic E-state index is 0.0247. The molecule has 2 aliphatic heterocycles. The minimum atomic E-state index is -0.739. The van der Waals surface area contributed by atoms with Crippen molar-refractivity contribution in [2.24, 2.45) is 11.7 Å². The average molecular weight is 459 g/mol. The molecule has 2 aliphatic rings. The molecular formula is C23H30N4O6. The van der Waals surface area contributed by atoms with E-state index >= 15 is 0 Å². The molecule has 0 radical (unpaired) electrons. The molecule has 0 bridgehead atoms. The van der Waals surface area contributed by atoms with Crippen LogP contribution in [0, 0.1) is 5.92 Å². The summed E-state index contributed by atoms with van der Waals surface area (Å²) in [6.07, 6.45) is 2.42. The summed E-state index contributed by atoms with van der Waals surface area (Å²) in [5.41, 5.74) is 6.14. The van der Waals surface area contributed by atoms with Crippen LogP contribution in [0.25, 0.3) is 0 Å². The number of fused-ring (bicyclic) bond motifs is 1. The normalized spacial score (nSPS) is 27.3. The van der Waals surface area contributed by atoms with Crippen LogP contribution in [-0.4, -0.2) is 51.6 Å². The number of ether oxygens (including phenoxy) is 4. The van der Waals surface area contributed by atoms with Crippen molar-refractivity contribution < 1.29 is 28.5 Å². The van der Waals surface area contributed by atoms with E-state index < -0.39 is 36.7 Å². The minimum Gasteiger partial charge on any atom is -0.463 e. The summed E-state index contributed by atoms with van der Waals surface area (Å²) in [4.78, 5) is 27.8. The van der Waals surface area contributed by atoms with Crippen LogP contribution in [0.15, 0.2) is 36.7 Å². The number of carbonyl (C=O) groups is 2. The number of primary amides is 1. The van der Waals surface area contributed by atoms with Crippen molar-refractivity contribution in [1.82, 2.24) is 14.8 Å². The Morgan fingerprint density at radius 2 is 1.91 bits per heavy atom. The highest BCUT2D eigenvalue weighted by Gasteiger charge is 2.54. The van der Waals surface area contributed by atoms with Gasteiger partial charge < -0.3 is 24.7 Å². The van der Waals surface area contributed by atoms with Gasteiger partial charge in [0.2, 0.25) is 5.82 Å². The molecule has 0 aliphatic carbocycles. The van der Waals surface area contributed by atoms with E-state index in [0.717, 1.165) is 31.2 Å². The average Bonchev–Trinajstić information content (AvgIpc) is 3.54. The molecule has 1 aromatic heterocycles. The van der Waals surface area contributed by atoms with Crippen LogP contribution in [0.1, 0.15) is 68.2 Å². The molecule has 0 saturated carbocycles. The Balaban J connectivity index is 1.46. The van der Waals surface area contributed by atoms with Crippen molar-refractivity contribution in [3.8, 4) is 0 Å². The van der Waals surface area contributed by atoms with E-state index in [-0.39, 0.29) is 24.3 Å². The van der Waals surface area contributed by atoms with Gasteiger partial charge in [-0.25, -0.2) is 9.67 Å². The molecule has 1 aromatic carbocycles. The van der Waals surface area contributed by atoms with Crippen molar-refractivity contribution in [2.75, 3.05) is 6.61 Å². The zero-order valence-corrected chi connectivity index (χ0v) is 18.8. The predicted octanol–water partition coefficient (Wildman–Crippen LogP) is 2.52. The van der Waals surface area contributed by atoms with Gasteiger partial charge >= 0.3 is 5.97 Å². The number of benzene rings is 1. The molecule has 0 spiro atoms. The summed E-state index contributed by atoms with van der Waals surface area (Å²) in [6, 6.07) is 9.54. The first-order valence-corrected chi connectivity index (χ1v) is 11.4. The van der Waals surface area contributed by atoms with E-state index in [4.69, 9.17) is 24.7 Å². The number of unbranched alkanes of at least 4 members (excludes halogenated alkanes) is 2. The third kappa shape index (κ3) is 5.23. The first-order chi connectivity index (χ1) is 16.0. The Kier molecular flexibility index (Phi) is 7.36. The molecule has 2 fully saturated rings. The smallest absolute Gasteiger partial charge is 0.308 e. The number of aromatic nitrogens is 3. The molecule has 2 aromatic rings. The van der Waals surface area contributed by atoms with Crippen LogP contribution in [-0.2, 0) is 23.7 Å². The molecule has 4 unspecified atom stereocenters. The zero-order valence-electron chi connectivity index (χ0n) is 18.8. The van der Waals surface area contributed by atoms with E-state index in [9.17, 15) is 9.59 Å². The lowest BCUT2D eigenvalue weighted by atomic mass is 10.0. The van der Waals surface area contributed by atoms with Gasteiger partial charge in [-0.2, -0.15) is 0 Å². The molecule has 4 rings (SSSR count). The van der Waals surface area contributed by atoms with Gasteiger partial charge in [0.1, 0.15) is 31.2 Å². The second-order valence-electron chi connectivity index (χ2n) is 8.45. The first kappa shape index (κ1) is 23.3. The van der Waals surface area contributed by atoms with Crippen LogP contribution in [0.4, 0.5) is 0 Å². The summed E-state index contributed by atoms with van der Waals surface area (Å²) in [6.45, 7) is 4.03. The highest BCUT2D eigenvalue weighted by atomic mass is 16.8. The molecule has 3 heterocycles. The van der Waals surface area contributed by atoms with E-state index in [2.05, 4.69) is 17.0 Å². The van der Waals surface area contributed by atoms with Gasteiger partial charge in [0.15, 0.2) is 12.5 Å². The number of hydrogen-bond acceptors (Lipinski definition) is 8. The number of nitrogens with zero attached hydrogens (tertiary/aromatic N) is 3. The molecule has 1 amide bonds. The Bertz CT molecular complexity index is 951. The van der Waals surface area contributed by atoms with Gasteiger partial charge in [-0.3, -0.25) is 9.59 Å². The van der Waals surface area contributed by atoms with E-state index in [1.807, 2.05) is 37.3 Å². The Morgan fingerprint density at radius 1 is 1.15 bits per heavy atom. The lowest BCUT2D eigenvalue weighted by molar-refractivity contribution is -0.170. The fourth-order valence-electron chi connectivity index (χ4n) is 4.08. The molecule has 2 N–H and O–H groups in total. The number of nitrogens with two attached hydrogens (primary N) is 1. The van der Waals surface area contributed by atoms with Crippen LogP contribution in [0.3, 0.4) is 0 Å². The van der Waals surface area contributed by atoms with Gasteiger partial charge in [0.25, 0.3) is 5.91 Å².